The Kier molecular flexibility index (Phi) is 5.97. The van der Waals surface area contributed by atoms with Crippen LogP contribution in [0, 0.1) is 0 Å². The number of primary amides is 1. The second-order valence-electron chi connectivity index (χ2n) is 5.84. The molecule has 1 heterocycles. The van der Waals surface area contributed by atoms with Gasteiger partial charge in [0.25, 0.3) is 0 Å². The summed E-state index contributed by atoms with van der Waals surface area (Å²) in [6.45, 7) is 0. The van der Waals surface area contributed by atoms with Crippen LogP contribution in [0.5, 0.6) is 5.75 Å². The van der Waals surface area contributed by atoms with Crippen molar-refractivity contribution in [3.05, 3.63) is 72.6 Å². The van der Waals surface area contributed by atoms with E-state index < -0.39 is 17.8 Å². The van der Waals surface area contributed by atoms with Crippen LogP contribution in [0.1, 0.15) is 5.56 Å². The van der Waals surface area contributed by atoms with Crippen molar-refractivity contribution in [1.29, 1.82) is 0 Å². The van der Waals surface area contributed by atoms with Crippen molar-refractivity contribution < 1.29 is 22.7 Å². The van der Waals surface area contributed by atoms with E-state index in [1.54, 1.807) is 30.6 Å². The van der Waals surface area contributed by atoms with Crippen LogP contribution in [0.15, 0.2) is 76.8 Å². The van der Waals surface area contributed by atoms with E-state index in [-0.39, 0.29) is 11.4 Å². The van der Waals surface area contributed by atoms with E-state index in [1.807, 2.05) is 18.2 Å². The van der Waals surface area contributed by atoms with E-state index in [9.17, 15) is 18.0 Å². The predicted octanol–water partition coefficient (Wildman–Crippen LogP) is 5.48. The zero-order chi connectivity index (χ0) is 21.0. The van der Waals surface area contributed by atoms with Gasteiger partial charge < -0.3 is 10.5 Å². The smallest absolute Gasteiger partial charge is 0.416 e. The number of rotatable bonds is 5. The van der Waals surface area contributed by atoms with Gasteiger partial charge in [-0.2, -0.15) is 13.2 Å². The minimum atomic E-state index is -4.58. The highest BCUT2D eigenvalue weighted by Gasteiger charge is 2.32. The molecule has 0 saturated carbocycles. The summed E-state index contributed by atoms with van der Waals surface area (Å²) in [4.78, 5) is 18.8. The normalized spacial score (nSPS) is 11.2. The molecule has 150 valence electrons. The van der Waals surface area contributed by atoms with Crippen LogP contribution < -0.4 is 15.4 Å². The number of nitrogens with zero attached hydrogens (tertiary/aromatic N) is 2. The van der Waals surface area contributed by atoms with Crippen LogP contribution in [0.2, 0.25) is 0 Å². The molecule has 2 amide bonds. The van der Waals surface area contributed by atoms with Crippen molar-refractivity contribution in [3.8, 4) is 5.75 Å². The van der Waals surface area contributed by atoms with Crippen molar-refractivity contribution in [2.45, 2.75) is 16.0 Å². The third-order valence-electron chi connectivity index (χ3n) is 3.93. The zero-order valence-electron chi connectivity index (χ0n) is 15.2. The Morgan fingerprint density at radius 1 is 1.07 bits per heavy atom. The van der Waals surface area contributed by atoms with E-state index in [2.05, 4.69) is 4.98 Å². The molecule has 0 aliphatic rings. The Morgan fingerprint density at radius 2 is 1.79 bits per heavy atom. The highest BCUT2D eigenvalue weighted by molar-refractivity contribution is 7.99. The topological polar surface area (TPSA) is 68.5 Å². The number of carbonyl (C=O) groups excluding carboxylic acids is 1. The number of methoxy groups -OCH3 is 1. The first-order valence-electron chi connectivity index (χ1n) is 8.32. The highest BCUT2D eigenvalue weighted by Crippen LogP contribution is 2.40. The first-order chi connectivity index (χ1) is 13.8. The molecule has 1 aromatic heterocycles. The number of carbonyl (C=O) groups is 1. The van der Waals surface area contributed by atoms with Crippen molar-refractivity contribution >= 4 is 29.2 Å². The number of alkyl halides is 3. The molecule has 2 aromatic carbocycles. The minimum Gasteiger partial charge on any atom is -0.495 e. The Bertz CT molecular complexity index is 1010. The second kappa shape index (κ2) is 8.44. The first-order valence-corrected chi connectivity index (χ1v) is 9.14. The number of anilines is 2. The van der Waals surface area contributed by atoms with Crippen molar-refractivity contribution in [2.75, 3.05) is 12.0 Å². The molecule has 0 aliphatic carbocycles. The van der Waals surface area contributed by atoms with Crippen LogP contribution in [0.4, 0.5) is 29.3 Å². The molecule has 0 radical (unpaired) electrons. The first kappa shape index (κ1) is 20.5. The Morgan fingerprint density at radius 3 is 2.41 bits per heavy atom. The summed E-state index contributed by atoms with van der Waals surface area (Å²) in [7, 11) is 1.31. The summed E-state index contributed by atoms with van der Waals surface area (Å²) in [6.07, 6.45) is -1.28. The lowest BCUT2D eigenvalue weighted by Crippen LogP contribution is -2.32. The number of nitrogens with two attached hydrogens (primary N) is 1. The van der Waals surface area contributed by atoms with Gasteiger partial charge in [0, 0.05) is 22.2 Å². The van der Waals surface area contributed by atoms with E-state index in [1.165, 1.54) is 18.9 Å². The summed E-state index contributed by atoms with van der Waals surface area (Å²) in [5, 5.41) is 0. The summed E-state index contributed by atoms with van der Waals surface area (Å²) < 4.78 is 44.7. The van der Waals surface area contributed by atoms with Crippen LogP contribution in [0.3, 0.4) is 0 Å². The van der Waals surface area contributed by atoms with Gasteiger partial charge in [-0.05, 0) is 48.5 Å². The molecule has 0 aliphatic heterocycles. The average molecular weight is 419 g/mol. The van der Waals surface area contributed by atoms with Gasteiger partial charge in [0.2, 0.25) is 0 Å². The number of benzene rings is 2. The van der Waals surface area contributed by atoms with Gasteiger partial charge in [-0.15, -0.1) is 0 Å². The van der Waals surface area contributed by atoms with Crippen LogP contribution in [0.25, 0.3) is 0 Å². The maximum atomic E-state index is 13.2. The predicted molar refractivity (Wildman–Crippen MR) is 105 cm³/mol. The maximum Gasteiger partial charge on any atom is 0.416 e. The molecule has 3 aromatic rings. The SMILES string of the molecule is COc1ccc(C(F)(F)F)cc1N(C(N)=O)c1cccc(Sc2ccncc2)c1. The molecule has 2 N–H and O–H groups in total. The summed E-state index contributed by atoms with van der Waals surface area (Å²) in [5.41, 5.74) is 4.82. The van der Waals surface area contributed by atoms with Gasteiger partial charge in [0.1, 0.15) is 5.75 Å². The lowest BCUT2D eigenvalue weighted by molar-refractivity contribution is -0.137. The van der Waals surface area contributed by atoms with Gasteiger partial charge >= 0.3 is 12.2 Å². The fourth-order valence-corrected chi connectivity index (χ4v) is 3.51. The van der Waals surface area contributed by atoms with Crippen molar-refractivity contribution in [3.63, 3.8) is 0 Å². The van der Waals surface area contributed by atoms with E-state index in [0.29, 0.717) is 5.69 Å². The van der Waals surface area contributed by atoms with Crippen LogP contribution >= 0.6 is 11.8 Å². The molecule has 9 heteroatoms. The largest absolute Gasteiger partial charge is 0.495 e. The van der Waals surface area contributed by atoms with Crippen molar-refractivity contribution in [1.82, 2.24) is 4.98 Å². The molecule has 0 fully saturated rings. The molecule has 0 saturated heterocycles. The molecule has 0 bridgehead atoms. The Labute approximate surface area is 169 Å². The number of ether oxygens (including phenoxy) is 1. The molecule has 0 atom stereocenters. The van der Waals surface area contributed by atoms with Crippen LogP contribution in [-0.2, 0) is 6.18 Å². The number of halogens is 3. The summed E-state index contributed by atoms with van der Waals surface area (Å²) in [5.74, 6) is 0.0870. The third-order valence-corrected chi connectivity index (χ3v) is 4.93. The second-order valence-corrected chi connectivity index (χ2v) is 6.99. The molecule has 0 unspecified atom stereocenters. The minimum absolute atomic E-state index is 0.0870. The Balaban J connectivity index is 2.05. The fourth-order valence-electron chi connectivity index (χ4n) is 2.65. The highest BCUT2D eigenvalue weighted by atomic mass is 32.2. The summed E-state index contributed by atoms with van der Waals surface area (Å²) >= 11 is 1.41. The Hall–Kier alpha value is -3.20. The number of hydrogen-bond acceptors (Lipinski definition) is 4. The molecule has 3 rings (SSSR count). The average Bonchev–Trinajstić information content (AvgIpc) is 2.68. The van der Waals surface area contributed by atoms with E-state index in [4.69, 9.17) is 10.5 Å². The van der Waals surface area contributed by atoms with Crippen molar-refractivity contribution in [2.24, 2.45) is 5.73 Å². The quantitative estimate of drug-likeness (QED) is 0.595. The molecular formula is C20H16F3N3O2S. The molecule has 0 spiro atoms. The van der Waals surface area contributed by atoms with Gasteiger partial charge in [-0.1, -0.05) is 17.8 Å². The van der Waals surface area contributed by atoms with E-state index in [0.717, 1.165) is 32.9 Å². The lowest BCUT2D eigenvalue weighted by atomic mass is 10.1. The summed E-state index contributed by atoms with van der Waals surface area (Å²) in [6, 6.07) is 12.3. The number of amides is 2. The number of urea groups is 1. The van der Waals surface area contributed by atoms with Gasteiger partial charge in [-0.25, -0.2) is 4.79 Å². The third kappa shape index (κ3) is 4.80. The molecule has 29 heavy (non-hydrogen) atoms. The molecule has 5 nitrogen and oxygen atoms in total. The van der Waals surface area contributed by atoms with E-state index >= 15 is 0 Å². The zero-order valence-corrected chi connectivity index (χ0v) is 16.0. The van der Waals surface area contributed by atoms with Crippen LogP contribution in [-0.4, -0.2) is 18.1 Å². The number of hydrogen-bond donors (Lipinski definition) is 1. The number of aromatic nitrogens is 1. The lowest BCUT2D eigenvalue weighted by Gasteiger charge is -2.24. The fraction of sp³-hybridized carbons (Fsp3) is 0.100. The van der Waals surface area contributed by atoms with Gasteiger partial charge in [0.15, 0.2) is 0 Å². The molecular weight excluding hydrogens is 403 g/mol. The standard InChI is InChI=1S/C20H16F3N3O2S/c1-28-18-6-5-13(20(21,22)23)11-17(18)26(19(24)27)14-3-2-4-16(12-14)29-15-7-9-25-10-8-15/h2-12H,1H3,(H2,24,27). The maximum absolute atomic E-state index is 13.2. The number of pyridine rings is 1. The monoisotopic (exact) mass is 419 g/mol. The van der Waals surface area contributed by atoms with Gasteiger partial charge in [-0.3, -0.25) is 9.88 Å². The van der Waals surface area contributed by atoms with Gasteiger partial charge in [0.05, 0.1) is 24.0 Å².